The first-order chi connectivity index (χ1) is 11.0. The van der Waals surface area contributed by atoms with Gasteiger partial charge in [-0.1, -0.05) is 12.8 Å². The molecule has 7 heteroatoms. The zero-order valence-corrected chi connectivity index (χ0v) is 15.0. The van der Waals surface area contributed by atoms with E-state index in [1.165, 1.54) is 6.07 Å². The molecular weight excluding hydrogens is 330 g/mol. The lowest BCUT2D eigenvalue weighted by Gasteiger charge is -2.29. The van der Waals surface area contributed by atoms with Crippen LogP contribution in [-0.2, 0) is 14.6 Å². The highest BCUT2D eigenvalue weighted by molar-refractivity contribution is 7.90. The molecule has 0 heterocycles. The van der Waals surface area contributed by atoms with E-state index < -0.39 is 27.3 Å². The van der Waals surface area contributed by atoms with Crippen LogP contribution in [0.1, 0.15) is 53.6 Å². The second kappa shape index (κ2) is 6.55. The smallest absolute Gasteiger partial charge is 0.305 e. The minimum atomic E-state index is -3.43. The van der Waals surface area contributed by atoms with Gasteiger partial charge in [0.2, 0.25) is 0 Å². The van der Waals surface area contributed by atoms with E-state index in [2.05, 4.69) is 5.32 Å². The highest BCUT2D eigenvalue weighted by Gasteiger charge is 2.38. The molecule has 0 radical (unpaired) electrons. The van der Waals surface area contributed by atoms with Gasteiger partial charge in [0, 0.05) is 11.8 Å². The summed E-state index contributed by atoms with van der Waals surface area (Å²) in [6.45, 7) is 3.51. The van der Waals surface area contributed by atoms with Gasteiger partial charge in [0.1, 0.15) is 0 Å². The Hall–Kier alpha value is -1.89. The Morgan fingerprint density at radius 3 is 2.29 bits per heavy atom. The van der Waals surface area contributed by atoms with Gasteiger partial charge in [0.05, 0.1) is 16.9 Å². The van der Waals surface area contributed by atoms with Crippen molar-refractivity contribution in [2.24, 2.45) is 0 Å². The van der Waals surface area contributed by atoms with Gasteiger partial charge in [-0.15, -0.1) is 0 Å². The fourth-order valence-electron chi connectivity index (χ4n) is 3.27. The van der Waals surface area contributed by atoms with Crippen LogP contribution in [0.15, 0.2) is 17.0 Å². The molecule has 24 heavy (non-hydrogen) atoms. The van der Waals surface area contributed by atoms with Crippen molar-refractivity contribution in [3.8, 4) is 0 Å². The van der Waals surface area contributed by atoms with E-state index in [1.54, 1.807) is 19.9 Å². The number of benzene rings is 1. The van der Waals surface area contributed by atoms with Crippen LogP contribution < -0.4 is 5.32 Å². The van der Waals surface area contributed by atoms with Crippen LogP contribution in [0.3, 0.4) is 0 Å². The van der Waals surface area contributed by atoms with Gasteiger partial charge in [0.15, 0.2) is 9.84 Å². The van der Waals surface area contributed by atoms with Gasteiger partial charge in [-0.3, -0.25) is 9.59 Å². The summed E-state index contributed by atoms with van der Waals surface area (Å²) in [6.07, 6.45) is 3.96. The summed E-state index contributed by atoms with van der Waals surface area (Å²) < 4.78 is 23.6. The first-order valence-corrected chi connectivity index (χ1v) is 9.79. The van der Waals surface area contributed by atoms with Crippen molar-refractivity contribution in [3.63, 3.8) is 0 Å². The highest BCUT2D eigenvalue weighted by atomic mass is 32.2. The molecule has 0 saturated heterocycles. The van der Waals surface area contributed by atoms with E-state index in [9.17, 15) is 18.0 Å². The summed E-state index contributed by atoms with van der Waals surface area (Å²) in [7, 11) is -3.43. The third-order valence-corrected chi connectivity index (χ3v) is 5.83. The molecule has 0 unspecified atom stereocenters. The maximum atomic E-state index is 12.7. The van der Waals surface area contributed by atoms with Crippen LogP contribution in [0.4, 0.5) is 0 Å². The van der Waals surface area contributed by atoms with Crippen LogP contribution in [0.25, 0.3) is 0 Å². The summed E-state index contributed by atoms with van der Waals surface area (Å²) in [5.41, 5.74) is 0.946. The molecule has 2 N–H and O–H groups in total. The molecule has 0 atom stereocenters. The number of carboxylic acid groups (broad SMARTS) is 1. The number of sulfone groups is 1. The monoisotopic (exact) mass is 353 g/mol. The van der Waals surface area contributed by atoms with Crippen molar-refractivity contribution in [2.75, 3.05) is 6.26 Å². The Balaban J connectivity index is 2.39. The average Bonchev–Trinajstić information content (AvgIpc) is 2.87. The molecule has 132 valence electrons. The molecule has 6 nitrogen and oxygen atoms in total. The lowest BCUT2D eigenvalue weighted by molar-refractivity contribution is -0.138. The highest BCUT2D eigenvalue weighted by Crippen LogP contribution is 2.33. The minimum absolute atomic E-state index is 0.0921. The molecule has 0 spiro atoms. The van der Waals surface area contributed by atoms with Gasteiger partial charge in [-0.2, -0.15) is 0 Å². The first kappa shape index (κ1) is 18.4. The summed E-state index contributed by atoms with van der Waals surface area (Å²) in [5, 5.41) is 12.0. The Bertz CT molecular complexity index is 776. The predicted octanol–water partition coefficient (Wildman–Crippen LogP) is 2.22. The number of aryl methyl sites for hydroxylation is 1. The van der Waals surface area contributed by atoms with Crippen molar-refractivity contribution >= 4 is 21.7 Å². The number of carbonyl (C=O) groups is 2. The number of amides is 1. The lowest BCUT2D eigenvalue weighted by atomic mass is 9.92. The van der Waals surface area contributed by atoms with Crippen molar-refractivity contribution in [3.05, 3.63) is 28.8 Å². The summed E-state index contributed by atoms with van der Waals surface area (Å²) in [6, 6.07) is 2.92. The molecule has 1 aromatic carbocycles. The van der Waals surface area contributed by atoms with E-state index in [0.29, 0.717) is 24.0 Å². The number of carboxylic acids is 1. The molecular formula is C17H23NO5S. The maximum absolute atomic E-state index is 12.7. The van der Waals surface area contributed by atoms with Crippen molar-refractivity contribution < 1.29 is 23.1 Å². The van der Waals surface area contributed by atoms with E-state index in [0.717, 1.165) is 19.1 Å². The molecule has 1 saturated carbocycles. The summed E-state index contributed by atoms with van der Waals surface area (Å²) in [5.74, 6) is -1.36. The molecule has 2 rings (SSSR count). The molecule has 0 bridgehead atoms. The second-order valence-corrected chi connectivity index (χ2v) is 8.71. The van der Waals surface area contributed by atoms with Crippen LogP contribution in [-0.4, -0.2) is 37.2 Å². The van der Waals surface area contributed by atoms with Crippen molar-refractivity contribution in [1.82, 2.24) is 5.32 Å². The van der Waals surface area contributed by atoms with Crippen molar-refractivity contribution in [1.29, 1.82) is 0 Å². The average molecular weight is 353 g/mol. The van der Waals surface area contributed by atoms with Crippen molar-refractivity contribution in [2.45, 2.75) is 56.4 Å². The molecule has 1 amide bonds. The molecule has 1 aliphatic rings. The summed E-state index contributed by atoms with van der Waals surface area (Å²) in [4.78, 5) is 24.0. The molecule has 1 aliphatic carbocycles. The van der Waals surface area contributed by atoms with E-state index in [1.807, 2.05) is 0 Å². The predicted molar refractivity (Wildman–Crippen MR) is 89.9 cm³/mol. The van der Waals surface area contributed by atoms with Gasteiger partial charge in [0.25, 0.3) is 5.91 Å². The Labute approximate surface area is 142 Å². The fraction of sp³-hybridized carbons (Fsp3) is 0.529. The van der Waals surface area contributed by atoms with Gasteiger partial charge < -0.3 is 10.4 Å². The minimum Gasteiger partial charge on any atom is -0.481 e. The SMILES string of the molecule is Cc1cc(S(C)(=O)=O)cc(C(=O)NC2(CC(=O)O)CCCC2)c1C. The largest absolute Gasteiger partial charge is 0.481 e. The Kier molecular flexibility index (Phi) is 5.03. The fourth-order valence-corrected chi connectivity index (χ4v) is 3.99. The number of rotatable bonds is 5. The van der Waals surface area contributed by atoms with Crippen LogP contribution in [0.2, 0.25) is 0 Å². The quantitative estimate of drug-likeness (QED) is 0.845. The van der Waals surface area contributed by atoms with Gasteiger partial charge in [-0.05, 0) is 49.9 Å². The van der Waals surface area contributed by atoms with Gasteiger partial charge >= 0.3 is 5.97 Å². The Morgan fingerprint density at radius 1 is 1.21 bits per heavy atom. The molecule has 0 aliphatic heterocycles. The molecule has 0 aromatic heterocycles. The third-order valence-electron chi connectivity index (χ3n) is 4.74. The summed E-state index contributed by atoms with van der Waals surface area (Å²) >= 11 is 0. The number of aliphatic carboxylic acids is 1. The standard InChI is InChI=1S/C17H23NO5S/c1-11-8-13(24(3,22)23)9-14(12(11)2)16(21)18-17(10-15(19)20)6-4-5-7-17/h8-9H,4-7,10H2,1-3H3,(H,18,21)(H,19,20). The van der Waals surface area contributed by atoms with Gasteiger partial charge in [-0.25, -0.2) is 8.42 Å². The topological polar surface area (TPSA) is 101 Å². The lowest BCUT2D eigenvalue weighted by Crippen LogP contribution is -2.48. The van der Waals surface area contributed by atoms with Crippen LogP contribution in [0.5, 0.6) is 0 Å². The molecule has 1 aromatic rings. The maximum Gasteiger partial charge on any atom is 0.305 e. The molecule has 1 fully saturated rings. The zero-order chi connectivity index (χ0) is 18.1. The number of hydrogen-bond acceptors (Lipinski definition) is 4. The second-order valence-electron chi connectivity index (χ2n) is 6.70. The first-order valence-electron chi connectivity index (χ1n) is 7.90. The third kappa shape index (κ3) is 3.95. The Morgan fingerprint density at radius 2 is 1.79 bits per heavy atom. The normalized spacial score (nSPS) is 16.8. The van der Waals surface area contributed by atoms with Crippen LogP contribution in [0, 0.1) is 13.8 Å². The van der Waals surface area contributed by atoms with E-state index in [-0.39, 0.29) is 16.9 Å². The number of hydrogen-bond donors (Lipinski definition) is 2. The number of carbonyl (C=O) groups excluding carboxylic acids is 1. The van der Waals surface area contributed by atoms with E-state index >= 15 is 0 Å². The number of nitrogens with one attached hydrogen (secondary N) is 1. The zero-order valence-electron chi connectivity index (χ0n) is 14.2. The van der Waals surface area contributed by atoms with Crippen LogP contribution >= 0.6 is 0 Å². The van der Waals surface area contributed by atoms with E-state index in [4.69, 9.17) is 5.11 Å².